The highest BCUT2D eigenvalue weighted by atomic mass is 32.1. The number of fused-ring (bicyclic) bond motifs is 8. The molecule has 0 bridgehead atoms. The van der Waals surface area contributed by atoms with E-state index in [1.807, 2.05) is 59.9 Å². The molecule has 0 spiro atoms. The molecule has 5 heteroatoms. The maximum absolute atomic E-state index is 6.23. The van der Waals surface area contributed by atoms with Crippen LogP contribution in [0.15, 0.2) is 156 Å². The maximum Gasteiger partial charge on any atom is 0.160 e. The number of benzene rings is 6. The van der Waals surface area contributed by atoms with Gasteiger partial charge in [-0.2, -0.15) is 0 Å². The molecule has 0 aliphatic carbocycles. The average Bonchev–Trinajstić information content (AvgIpc) is 3.73. The van der Waals surface area contributed by atoms with Gasteiger partial charge in [0.25, 0.3) is 0 Å². The van der Waals surface area contributed by atoms with Crippen LogP contribution in [0, 0.1) is 0 Å². The predicted molar refractivity (Wildman–Crippen MR) is 199 cm³/mol. The van der Waals surface area contributed by atoms with Gasteiger partial charge in [0.2, 0.25) is 0 Å². The van der Waals surface area contributed by atoms with E-state index in [-0.39, 0.29) is 0 Å². The summed E-state index contributed by atoms with van der Waals surface area (Å²) in [6.45, 7) is 0. The highest BCUT2D eigenvalue weighted by molar-refractivity contribution is 7.26. The summed E-state index contributed by atoms with van der Waals surface area (Å²) < 4.78 is 8.71. The van der Waals surface area contributed by atoms with Crippen LogP contribution in [0.25, 0.3) is 98.2 Å². The minimum Gasteiger partial charge on any atom is -0.456 e. The van der Waals surface area contributed by atoms with Crippen LogP contribution < -0.4 is 0 Å². The summed E-state index contributed by atoms with van der Waals surface area (Å²) in [6, 6.07) is 52.4. The molecule has 4 nitrogen and oxygen atoms in total. The van der Waals surface area contributed by atoms with Crippen molar-refractivity contribution >= 4 is 64.4 Å². The van der Waals surface area contributed by atoms with Gasteiger partial charge < -0.3 is 4.42 Å². The van der Waals surface area contributed by atoms with Crippen LogP contribution in [0.3, 0.4) is 0 Å². The Balaban J connectivity index is 1.15. The fourth-order valence-corrected chi connectivity index (χ4v) is 8.02. The standard InChI is InChI=1S/C43H25N3OS/c1-2-11-28(12-3-1)43-44-34(25-35(45-43)31-17-10-19-37-39(31)32-15-6-8-18-36(32)47-37)26-21-23-27(24-22-26)40-29-13-4-5-14-30(29)42-41(46-40)33-16-7-9-20-38(33)48-42/h1-25H. The second-order valence-electron chi connectivity index (χ2n) is 12.0. The molecule has 0 fully saturated rings. The Hall–Kier alpha value is -6.17. The minimum absolute atomic E-state index is 0.680. The van der Waals surface area contributed by atoms with E-state index in [9.17, 15) is 0 Å². The number of rotatable bonds is 4. The summed E-state index contributed by atoms with van der Waals surface area (Å²) in [4.78, 5) is 15.5. The van der Waals surface area contributed by atoms with Crippen molar-refractivity contribution in [2.24, 2.45) is 0 Å². The van der Waals surface area contributed by atoms with Crippen molar-refractivity contribution < 1.29 is 4.42 Å². The molecule has 0 aliphatic rings. The van der Waals surface area contributed by atoms with E-state index in [0.29, 0.717) is 5.82 Å². The first-order valence-electron chi connectivity index (χ1n) is 15.9. The molecule has 10 rings (SSSR count). The van der Waals surface area contributed by atoms with Crippen LogP contribution in [0.5, 0.6) is 0 Å². The lowest BCUT2D eigenvalue weighted by Crippen LogP contribution is -1.96. The highest BCUT2D eigenvalue weighted by Gasteiger charge is 2.18. The molecule has 224 valence electrons. The summed E-state index contributed by atoms with van der Waals surface area (Å²) in [7, 11) is 0. The zero-order chi connectivity index (χ0) is 31.6. The van der Waals surface area contributed by atoms with Gasteiger partial charge in [-0.15, -0.1) is 11.3 Å². The van der Waals surface area contributed by atoms with Gasteiger partial charge in [0.1, 0.15) is 11.2 Å². The molecule has 0 atom stereocenters. The number of pyridine rings is 1. The van der Waals surface area contributed by atoms with Gasteiger partial charge in [-0.05, 0) is 24.3 Å². The van der Waals surface area contributed by atoms with Crippen molar-refractivity contribution in [3.8, 4) is 45.2 Å². The molecule has 10 aromatic rings. The Morgan fingerprint density at radius 2 is 1.12 bits per heavy atom. The fourth-order valence-electron chi connectivity index (χ4n) is 6.84. The second-order valence-corrected chi connectivity index (χ2v) is 13.0. The number of thiophene rings is 1. The Morgan fingerprint density at radius 3 is 1.98 bits per heavy atom. The number of nitrogens with zero attached hydrogens (tertiary/aromatic N) is 3. The summed E-state index contributed by atoms with van der Waals surface area (Å²) in [5, 5.41) is 5.71. The van der Waals surface area contributed by atoms with Crippen molar-refractivity contribution in [2.45, 2.75) is 0 Å². The molecular formula is C43H25N3OS. The number of hydrogen-bond acceptors (Lipinski definition) is 5. The number of para-hydroxylation sites is 1. The van der Waals surface area contributed by atoms with Gasteiger partial charge in [0, 0.05) is 53.9 Å². The summed E-state index contributed by atoms with van der Waals surface area (Å²) >= 11 is 1.81. The molecule has 6 aromatic carbocycles. The van der Waals surface area contributed by atoms with Crippen molar-refractivity contribution in [3.05, 3.63) is 152 Å². The average molecular weight is 632 g/mol. The third-order valence-corrected chi connectivity index (χ3v) is 10.3. The van der Waals surface area contributed by atoms with Crippen LogP contribution in [0.1, 0.15) is 0 Å². The van der Waals surface area contributed by atoms with E-state index in [1.54, 1.807) is 0 Å². The topological polar surface area (TPSA) is 51.8 Å². The molecule has 0 amide bonds. The molecule has 0 saturated heterocycles. The molecule has 4 aromatic heterocycles. The van der Waals surface area contributed by atoms with Gasteiger partial charge in [-0.3, -0.25) is 0 Å². The van der Waals surface area contributed by atoms with Crippen LogP contribution >= 0.6 is 11.3 Å². The van der Waals surface area contributed by atoms with E-state index in [1.165, 1.54) is 20.2 Å². The van der Waals surface area contributed by atoms with Gasteiger partial charge in [0.15, 0.2) is 5.82 Å². The summed E-state index contributed by atoms with van der Waals surface area (Å²) in [5.41, 5.74) is 9.51. The number of furan rings is 1. The molecule has 0 radical (unpaired) electrons. The van der Waals surface area contributed by atoms with Crippen molar-refractivity contribution in [3.63, 3.8) is 0 Å². The second kappa shape index (κ2) is 10.7. The Bertz CT molecular complexity index is 2830. The fraction of sp³-hybridized carbons (Fsp3) is 0. The summed E-state index contributed by atoms with van der Waals surface area (Å²) in [5.74, 6) is 0.680. The Morgan fingerprint density at radius 1 is 0.458 bits per heavy atom. The van der Waals surface area contributed by atoms with Gasteiger partial charge in [0.05, 0.1) is 27.3 Å². The largest absolute Gasteiger partial charge is 0.456 e. The number of aromatic nitrogens is 3. The molecule has 0 unspecified atom stereocenters. The van der Waals surface area contributed by atoms with Crippen LogP contribution in [-0.4, -0.2) is 15.0 Å². The first kappa shape index (κ1) is 27.0. The zero-order valence-electron chi connectivity index (χ0n) is 25.6. The minimum atomic E-state index is 0.680. The lowest BCUT2D eigenvalue weighted by atomic mass is 9.99. The first-order valence-corrected chi connectivity index (χ1v) is 16.8. The van der Waals surface area contributed by atoms with Crippen LogP contribution in [-0.2, 0) is 0 Å². The van der Waals surface area contributed by atoms with Crippen molar-refractivity contribution in [2.75, 3.05) is 0 Å². The molecule has 0 aliphatic heterocycles. The Labute approximate surface area is 279 Å². The SMILES string of the molecule is c1ccc(-c2nc(-c3ccc(-c4nc5c6ccccc6sc5c5ccccc45)cc3)cc(-c3cccc4oc5ccccc5c34)n2)cc1. The van der Waals surface area contributed by atoms with Crippen molar-refractivity contribution in [1.82, 2.24) is 15.0 Å². The lowest BCUT2D eigenvalue weighted by Gasteiger charge is -2.11. The van der Waals surface area contributed by atoms with Gasteiger partial charge in [-0.25, -0.2) is 15.0 Å². The summed E-state index contributed by atoms with van der Waals surface area (Å²) in [6.07, 6.45) is 0. The normalized spacial score (nSPS) is 11.8. The van der Waals surface area contributed by atoms with Crippen LogP contribution in [0.2, 0.25) is 0 Å². The quantitative estimate of drug-likeness (QED) is 0.194. The van der Waals surface area contributed by atoms with E-state index in [4.69, 9.17) is 19.4 Å². The lowest BCUT2D eigenvalue weighted by molar-refractivity contribution is 0.669. The maximum atomic E-state index is 6.23. The van der Waals surface area contributed by atoms with Gasteiger partial charge >= 0.3 is 0 Å². The van der Waals surface area contributed by atoms with Crippen molar-refractivity contribution in [1.29, 1.82) is 0 Å². The Kier molecular flexibility index (Phi) is 6.01. The van der Waals surface area contributed by atoms with E-state index in [2.05, 4.69) is 103 Å². The van der Waals surface area contributed by atoms with E-state index in [0.717, 1.165) is 72.2 Å². The molecular weight excluding hydrogens is 607 g/mol. The molecule has 0 saturated carbocycles. The zero-order valence-corrected chi connectivity index (χ0v) is 26.4. The van der Waals surface area contributed by atoms with E-state index < -0.39 is 0 Å². The predicted octanol–water partition coefficient (Wildman–Crippen LogP) is 12.0. The first-order chi connectivity index (χ1) is 23.8. The van der Waals surface area contributed by atoms with Crippen LogP contribution in [0.4, 0.5) is 0 Å². The number of hydrogen-bond donors (Lipinski definition) is 0. The molecule has 48 heavy (non-hydrogen) atoms. The molecule has 0 N–H and O–H groups in total. The third kappa shape index (κ3) is 4.25. The third-order valence-electron chi connectivity index (χ3n) is 9.11. The molecule has 4 heterocycles. The monoisotopic (exact) mass is 631 g/mol. The van der Waals surface area contributed by atoms with Gasteiger partial charge in [-0.1, -0.05) is 127 Å². The van der Waals surface area contributed by atoms with E-state index >= 15 is 0 Å². The highest BCUT2D eigenvalue weighted by Crippen LogP contribution is 2.41. The smallest absolute Gasteiger partial charge is 0.160 e.